The number of para-hydroxylation sites is 1. The third kappa shape index (κ3) is 5.03. The first-order chi connectivity index (χ1) is 13.2. The molecule has 1 fully saturated rings. The molecule has 0 saturated carbocycles. The Bertz CT molecular complexity index is 773. The highest BCUT2D eigenvalue weighted by atomic mass is 16.2. The molecule has 0 atom stereocenters. The monoisotopic (exact) mass is 367 g/mol. The summed E-state index contributed by atoms with van der Waals surface area (Å²) in [6.45, 7) is 4.21. The molecule has 27 heavy (non-hydrogen) atoms. The van der Waals surface area contributed by atoms with Crippen molar-refractivity contribution in [1.82, 2.24) is 15.3 Å². The molecule has 2 amide bonds. The SMILES string of the molecule is CCc1ccccc1NC(=O)C(=O)NCC1CCN(c2ncccn2)CC1. The zero-order valence-corrected chi connectivity index (χ0v) is 15.5. The predicted molar refractivity (Wildman–Crippen MR) is 104 cm³/mol. The summed E-state index contributed by atoms with van der Waals surface area (Å²) >= 11 is 0. The summed E-state index contributed by atoms with van der Waals surface area (Å²) in [5, 5.41) is 5.47. The summed E-state index contributed by atoms with van der Waals surface area (Å²) in [6, 6.07) is 9.32. The molecule has 0 radical (unpaired) electrons. The van der Waals surface area contributed by atoms with Gasteiger partial charge in [0.05, 0.1) is 0 Å². The van der Waals surface area contributed by atoms with E-state index in [0.29, 0.717) is 18.2 Å². The average Bonchev–Trinajstić information content (AvgIpc) is 2.73. The van der Waals surface area contributed by atoms with Gasteiger partial charge in [0.25, 0.3) is 0 Å². The van der Waals surface area contributed by atoms with Crippen molar-refractivity contribution in [2.45, 2.75) is 26.2 Å². The van der Waals surface area contributed by atoms with Crippen LogP contribution in [0.15, 0.2) is 42.7 Å². The van der Waals surface area contributed by atoms with Crippen molar-refractivity contribution in [3.63, 3.8) is 0 Å². The van der Waals surface area contributed by atoms with Gasteiger partial charge in [-0.15, -0.1) is 0 Å². The molecule has 0 unspecified atom stereocenters. The summed E-state index contributed by atoms with van der Waals surface area (Å²) in [4.78, 5) is 35.0. The van der Waals surface area contributed by atoms with Gasteiger partial charge in [-0.2, -0.15) is 0 Å². The van der Waals surface area contributed by atoms with Gasteiger partial charge >= 0.3 is 11.8 Å². The van der Waals surface area contributed by atoms with E-state index < -0.39 is 11.8 Å². The fraction of sp³-hybridized carbons (Fsp3) is 0.400. The molecule has 1 saturated heterocycles. The molecule has 7 nitrogen and oxygen atoms in total. The Morgan fingerprint density at radius 1 is 1.07 bits per heavy atom. The first-order valence-electron chi connectivity index (χ1n) is 9.36. The molecule has 1 aliphatic heterocycles. The average molecular weight is 367 g/mol. The lowest BCUT2D eigenvalue weighted by atomic mass is 9.97. The summed E-state index contributed by atoms with van der Waals surface area (Å²) in [6.07, 6.45) is 6.13. The molecular weight excluding hydrogens is 342 g/mol. The minimum absolute atomic E-state index is 0.352. The van der Waals surface area contributed by atoms with Gasteiger partial charge < -0.3 is 15.5 Å². The second kappa shape index (κ2) is 9.12. The summed E-state index contributed by atoms with van der Waals surface area (Å²) in [5.41, 5.74) is 1.70. The van der Waals surface area contributed by atoms with Crippen molar-refractivity contribution in [1.29, 1.82) is 0 Å². The van der Waals surface area contributed by atoms with Crippen LogP contribution in [0.1, 0.15) is 25.3 Å². The molecule has 0 aliphatic carbocycles. The third-order valence-corrected chi connectivity index (χ3v) is 4.85. The number of aryl methyl sites for hydroxylation is 1. The van der Waals surface area contributed by atoms with Crippen LogP contribution in [0.5, 0.6) is 0 Å². The highest BCUT2D eigenvalue weighted by Gasteiger charge is 2.22. The lowest BCUT2D eigenvalue weighted by Crippen LogP contribution is -2.42. The smallest absolute Gasteiger partial charge is 0.313 e. The van der Waals surface area contributed by atoms with Crippen molar-refractivity contribution in [2.24, 2.45) is 5.92 Å². The van der Waals surface area contributed by atoms with E-state index in [0.717, 1.165) is 43.9 Å². The van der Waals surface area contributed by atoms with Crippen molar-refractivity contribution < 1.29 is 9.59 Å². The van der Waals surface area contributed by atoms with Gasteiger partial charge in [0.2, 0.25) is 5.95 Å². The molecule has 1 aromatic carbocycles. The topological polar surface area (TPSA) is 87.2 Å². The molecule has 1 aliphatic rings. The van der Waals surface area contributed by atoms with Crippen molar-refractivity contribution >= 4 is 23.5 Å². The van der Waals surface area contributed by atoms with Gasteiger partial charge in [-0.3, -0.25) is 9.59 Å². The van der Waals surface area contributed by atoms with Crippen LogP contribution in [-0.2, 0) is 16.0 Å². The Kier molecular flexibility index (Phi) is 6.35. The zero-order valence-electron chi connectivity index (χ0n) is 15.5. The van der Waals surface area contributed by atoms with Crippen LogP contribution in [-0.4, -0.2) is 41.4 Å². The Balaban J connectivity index is 1.43. The summed E-state index contributed by atoms with van der Waals surface area (Å²) in [7, 11) is 0. The largest absolute Gasteiger partial charge is 0.348 e. The molecule has 2 aromatic rings. The van der Waals surface area contributed by atoms with E-state index in [1.165, 1.54) is 0 Å². The number of piperidine rings is 1. The standard InChI is InChI=1S/C20H25N5O2/c1-2-16-6-3-4-7-17(16)24-19(27)18(26)23-14-15-8-12-25(13-9-15)20-21-10-5-11-22-20/h3-7,10-11,15H,2,8-9,12-14H2,1H3,(H,23,26)(H,24,27). The number of benzene rings is 1. The molecule has 142 valence electrons. The number of hydrogen-bond donors (Lipinski definition) is 2. The molecule has 1 aromatic heterocycles. The Morgan fingerprint density at radius 3 is 2.48 bits per heavy atom. The summed E-state index contributed by atoms with van der Waals surface area (Å²) in [5.74, 6) is -0.112. The van der Waals surface area contributed by atoms with E-state index in [4.69, 9.17) is 0 Å². The summed E-state index contributed by atoms with van der Waals surface area (Å²) < 4.78 is 0. The molecule has 2 heterocycles. The van der Waals surface area contributed by atoms with Crippen LogP contribution in [0, 0.1) is 5.92 Å². The highest BCUT2D eigenvalue weighted by Crippen LogP contribution is 2.19. The second-order valence-corrected chi connectivity index (χ2v) is 6.65. The fourth-order valence-corrected chi connectivity index (χ4v) is 3.24. The lowest BCUT2D eigenvalue weighted by molar-refractivity contribution is -0.136. The normalized spacial score (nSPS) is 14.6. The Hall–Kier alpha value is -2.96. The van der Waals surface area contributed by atoms with Gasteiger partial charge in [-0.1, -0.05) is 25.1 Å². The van der Waals surface area contributed by atoms with E-state index >= 15 is 0 Å². The number of nitrogens with one attached hydrogen (secondary N) is 2. The number of carbonyl (C=O) groups excluding carboxylic acids is 2. The minimum atomic E-state index is -0.619. The Labute approximate surface area is 159 Å². The van der Waals surface area contributed by atoms with E-state index in [1.807, 2.05) is 31.2 Å². The minimum Gasteiger partial charge on any atom is -0.348 e. The molecule has 2 N–H and O–H groups in total. The van der Waals surface area contributed by atoms with Crippen molar-refractivity contribution in [3.05, 3.63) is 48.3 Å². The van der Waals surface area contributed by atoms with Crippen LogP contribution in [0.25, 0.3) is 0 Å². The highest BCUT2D eigenvalue weighted by molar-refractivity contribution is 6.39. The molecule has 7 heteroatoms. The number of hydrogen-bond acceptors (Lipinski definition) is 5. The number of rotatable bonds is 5. The van der Waals surface area contributed by atoms with Gasteiger partial charge in [-0.05, 0) is 42.9 Å². The van der Waals surface area contributed by atoms with Crippen LogP contribution in [0.3, 0.4) is 0 Å². The zero-order chi connectivity index (χ0) is 19.1. The van der Waals surface area contributed by atoms with E-state index in [2.05, 4.69) is 25.5 Å². The number of amides is 2. The fourth-order valence-electron chi connectivity index (χ4n) is 3.24. The van der Waals surface area contributed by atoms with E-state index in [-0.39, 0.29) is 0 Å². The number of nitrogens with zero attached hydrogens (tertiary/aromatic N) is 3. The molecule has 0 spiro atoms. The maximum Gasteiger partial charge on any atom is 0.313 e. The molecular formula is C20H25N5O2. The molecule has 0 bridgehead atoms. The number of carbonyl (C=O) groups is 2. The predicted octanol–water partition coefficient (Wildman–Crippen LogP) is 2.01. The van der Waals surface area contributed by atoms with Crippen LogP contribution in [0.4, 0.5) is 11.6 Å². The van der Waals surface area contributed by atoms with Crippen molar-refractivity contribution in [3.8, 4) is 0 Å². The third-order valence-electron chi connectivity index (χ3n) is 4.85. The van der Waals surface area contributed by atoms with Crippen LogP contribution in [0.2, 0.25) is 0 Å². The first-order valence-corrected chi connectivity index (χ1v) is 9.36. The van der Waals surface area contributed by atoms with Crippen LogP contribution >= 0.6 is 0 Å². The lowest BCUT2D eigenvalue weighted by Gasteiger charge is -2.31. The van der Waals surface area contributed by atoms with Gasteiger partial charge in [-0.25, -0.2) is 9.97 Å². The van der Waals surface area contributed by atoms with E-state index in [9.17, 15) is 9.59 Å². The number of aromatic nitrogens is 2. The number of anilines is 2. The molecule has 3 rings (SSSR count). The van der Waals surface area contributed by atoms with Gasteiger partial charge in [0.15, 0.2) is 0 Å². The maximum atomic E-state index is 12.1. The van der Waals surface area contributed by atoms with Gasteiger partial charge in [0, 0.05) is 37.7 Å². The van der Waals surface area contributed by atoms with Crippen molar-refractivity contribution in [2.75, 3.05) is 29.9 Å². The van der Waals surface area contributed by atoms with Gasteiger partial charge in [0.1, 0.15) is 0 Å². The Morgan fingerprint density at radius 2 is 1.78 bits per heavy atom. The first kappa shape index (κ1) is 18.8. The second-order valence-electron chi connectivity index (χ2n) is 6.65. The van der Waals surface area contributed by atoms with E-state index in [1.54, 1.807) is 18.5 Å². The maximum absolute atomic E-state index is 12.1. The quantitative estimate of drug-likeness (QED) is 0.790. The van der Waals surface area contributed by atoms with Crippen LogP contribution < -0.4 is 15.5 Å².